The quantitative estimate of drug-likeness (QED) is 0.0199. The van der Waals surface area contributed by atoms with Crippen molar-refractivity contribution in [2.45, 2.75) is 271 Å². The average molecular weight is 907 g/mol. The summed E-state index contributed by atoms with van der Waals surface area (Å²) in [5, 5.41) is 0. The highest BCUT2D eigenvalue weighted by Crippen LogP contribution is 2.14. The summed E-state index contributed by atoms with van der Waals surface area (Å²) in [5.41, 5.74) is 0. The van der Waals surface area contributed by atoms with E-state index in [1.165, 1.54) is 128 Å². The molecular formula is C59H102O6. The summed E-state index contributed by atoms with van der Waals surface area (Å²) in [4.78, 5) is 38.0. The Kier molecular flexibility index (Phi) is 50.9. The van der Waals surface area contributed by atoms with Crippen LogP contribution >= 0.6 is 0 Å². The van der Waals surface area contributed by atoms with Gasteiger partial charge in [-0.25, -0.2) is 0 Å². The molecule has 1 atom stereocenters. The van der Waals surface area contributed by atoms with Crippen LogP contribution in [0.2, 0.25) is 0 Å². The maximum atomic E-state index is 12.8. The molecular weight excluding hydrogens is 805 g/mol. The zero-order valence-corrected chi connectivity index (χ0v) is 42.7. The number of carbonyl (C=O) groups is 3. The molecule has 0 saturated carbocycles. The minimum Gasteiger partial charge on any atom is -0.462 e. The van der Waals surface area contributed by atoms with E-state index in [0.717, 1.165) is 96.3 Å². The predicted molar refractivity (Wildman–Crippen MR) is 279 cm³/mol. The second kappa shape index (κ2) is 53.5. The van der Waals surface area contributed by atoms with Crippen LogP contribution in [0.15, 0.2) is 72.9 Å². The Morgan fingerprint density at radius 3 is 1.08 bits per heavy atom. The van der Waals surface area contributed by atoms with Crippen LogP contribution < -0.4 is 0 Å². The number of hydrogen-bond acceptors (Lipinski definition) is 6. The highest BCUT2D eigenvalue weighted by molar-refractivity contribution is 5.71. The van der Waals surface area contributed by atoms with E-state index in [1.807, 2.05) is 0 Å². The molecule has 0 rings (SSSR count). The van der Waals surface area contributed by atoms with Crippen LogP contribution in [0.25, 0.3) is 0 Å². The van der Waals surface area contributed by atoms with Gasteiger partial charge >= 0.3 is 17.9 Å². The van der Waals surface area contributed by atoms with Gasteiger partial charge in [-0.1, -0.05) is 216 Å². The van der Waals surface area contributed by atoms with Crippen molar-refractivity contribution < 1.29 is 28.6 Å². The van der Waals surface area contributed by atoms with E-state index < -0.39 is 6.10 Å². The molecule has 1 unspecified atom stereocenters. The standard InChI is InChI=1S/C59H102O6/c1-4-7-10-13-16-19-22-25-27-29-31-32-34-37-40-43-46-49-52-58(61)64-55-56(54-63-57(60)51-48-45-42-39-36-24-21-18-15-12-9-6-3)65-59(62)53-50-47-44-41-38-35-33-30-28-26-23-20-17-14-11-8-5-2/h9,12,18,21,26-29,31-32,36,39,56H,4-8,10-11,13-17,19-20,22-25,30,33-35,37-38,40-55H2,1-3H3/b12-9-,21-18-,28-26-,29-27-,32-31-,39-36-. The third-order valence-electron chi connectivity index (χ3n) is 11.7. The summed E-state index contributed by atoms with van der Waals surface area (Å²) in [6, 6.07) is 0. The fourth-order valence-electron chi connectivity index (χ4n) is 7.56. The first-order chi connectivity index (χ1) is 32.0. The molecule has 0 heterocycles. The maximum Gasteiger partial charge on any atom is 0.306 e. The van der Waals surface area contributed by atoms with Gasteiger partial charge in [-0.3, -0.25) is 14.4 Å². The monoisotopic (exact) mass is 907 g/mol. The van der Waals surface area contributed by atoms with E-state index >= 15 is 0 Å². The van der Waals surface area contributed by atoms with Crippen molar-refractivity contribution in [2.24, 2.45) is 0 Å². The minimum absolute atomic E-state index is 0.0972. The largest absolute Gasteiger partial charge is 0.462 e. The molecule has 0 aromatic heterocycles. The van der Waals surface area contributed by atoms with Gasteiger partial charge in [0.15, 0.2) is 6.10 Å². The lowest BCUT2D eigenvalue weighted by atomic mass is 10.1. The van der Waals surface area contributed by atoms with Crippen LogP contribution in [0, 0.1) is 0 Å². The summed E-state index contributed by atoms with van der Waals surface area (Å²) in [6.45, 7) is 6.47. The van der Waals surface area contributed by atoms with Crippen molar-refractivity contribution in [3.05, 3.63) is 72.9 Å². The van der Waals surface area contributed by atoms with Gasteiger partial charge in [0.05, 0.1) is 0 Å². The molecule has 65 heavy (non-hydrogen) atoms. The van der Waals surface area contributed by atoms with Crippen molar-refractivity contribution in [3.8, 4) is 0 Å². The predicted octanol–water partition coefficient (Wildman–Crippen LogP) is 18.2. The molecule has 6 nitrogen and oxygen atoms in total. The minimum atomic E-state index is -0.799. The van der Waals surface area contributed by atoms with E-state index in [1.54, 1.807) is 0 Å². The van der Waals surface area contributed by atoms with Crippen molar-refractivity contribution in [3.63, 3.8) is 0 Å². The molecule has 374 valence electrons. The molecule has 6 heteroatoms. The number of allylic oxidation sites excluding steroid dienone is 12. The van der Waals surface area contributed by atoms with Gasteiger partial charge in [0, 0.05) is 19.3 Å². The lowest BCUT2D eigenvalue weighted by Gasteiger charge is -2.18. The van der Waals surface area contributed by atoms with Crippen LogP contribution in [0.3, 0.4) is 0 Å². The molecule has 0 aromatic carbocycles. The summed E-state index contributed by atoms with van der Waals surface area (Å²) in [7, 11) is 0. The Morgan fingerprint density at radius 2 is 0.646 bits per heavy atom. The van der Waals surface area contributed by atoms with Crippen molar-refractivity contribution in [2.75, 3.05) is 13.2 Å². The van der Waals surface area contributed by atoms with Crippen molar-refractivity contribution in [1.82, 2.24) is 0 Å². The lowest BCUT2D eigenvalue weighted by molar-refractivity contribution is -0.167. The Morgan fingerprint density at radius 1 is 0.338 bits per heavy atom. The van der Waals surface area contributed by atoms with Gasteiger partial charge in [-0.15, -0.1) is 0 Å². The molecule has 0 aliphatic rings. The van der Waals surface area contributed by atoms with Gasteiger partial charge in [0.1, 0.15) is 13.2 Å². The summed E-state index contributed by atoms with van der Waals surface area (Å²) < 4.78 is 16.8. The van der Waals surface area contributed by atoms with Crippen molar-refractivity contribution >= 4 is 17.9 Å². The highest BCUT2D eigenvalue weighted by atomic mass is 16.6. The Balaban J connectivity index is 4.42. The Hall–Kier alpha value is -3.15. The van der Waals surface area contributed by atoms with Gasteiger partial charge in [-0.05, 0) is 103 Å². The van der Waals surface area contributed by atoms with E-state index in [9.17, 15) is 14.4 Å². The third kappa shape index (κ3) is 51.7. The van der Waals surface area contributed by atoms with Gasteiger partial charge in [0.25, 0.3) is 0 Å². The highest BCUT2D eigenvalue weighted by Gasteiger charge is 2.19. The first-order valence-corrected chi connectivity index (χ1v) is 27.5. The van der Waals surface area contributed by atoms with Crippen molar-refractivity contribution in [1.29, 1.82) is 0 Å². The topological polar surface area (TPSA) is 78.9 Å². The van der Waals surface area contributed by atoms with Crippen LogP contribution in [-0.4, -0.2) is 37.2 Å². The molecule has 0 fully saturated rings. The Bertz CT molecular complexity index is 1230. The number of esters is 3. The van der Waals surface area contributed by atoms with Crippen LogP contribution in [0.1, 0.15) is 265 Å². The normalized spacial score (nSPS) is 12.6. The number of carbonyl (C=O) groups excluding carboxylic acids is 3. The second-order valence-electron chi connectivity index (χ2n) is 18.1. The third-order valence-corrected chi connectivity index (χ3v) is 11.7. The molecule has 0 saturated heterocycles. The number of unbranched alkanes of at least 4 members (excludes halogenated alkanes) is 27. The van der Waals surface area contributed by atoms with Gasteiger partial charge in [-0.2, -0.15) is 0 Å². The van der Waals surface area contributed by atoms with E-state index in [0.29, 0.717) is 19.3 Å². The van der Waals surface area contributed by atoms with E-state index in [-0.39, 0.29) is 31.1 Å². The molecule has 0 aliphatic heterocycles. The number of ether oxygens (including phenoxy) is 3. The molecule has 0 aromatic rings. The number of hydrogen-bond donors (Lipinski definition) is 0. The SMILES string of the molecule is CC/C=C\C/C=C\C/C=C\CCCCC(=O)OCC(COC(=O)CCCCCCC/C=C\C=C/CCCCCCCCC)OC(=O)CCCCCCCCC/C=C\CCCCCCCC. The van der Waals surface area contributed by atoms with Crippen LogP contribution in [0.4, 0.5) is 0 Å². The maximum absolute atomic E-state index is 12.8. The Labute approximate surface area is 402 Å². The molecule has 0 aliphatic carbocycles. The summed E-state index contributed by atoms with van der Waals surface area (Å²) in [5.74, 6) is -0.952. The first-order valence-electron chi connectivity index (χ1n) is 27.5. The average Bonchev–Trinajstić information content (AvgIpc) is 3.30. The molecule has 0 radical (unpaired) electrons. The second-order valence-corrected chi connectivity index (χ2v) is 18.1. The summed E-state index contributed by atoms with van der Waals surface area (Å²) in [6.07, 6.45) is 67.5. The zero-order valence-electron chi connectivity index (χ0n) is 42.7. The van der Waals surface area contributed by atoms with Gasteiger partial charge < -0.3 is 14.2 Å². The number of rotatable bonds is 49. The molecule has 0 spiro atoms. The fourth-order valence-corrected chi connectivity index (χ4v) is 7.56. The molecule has 0 amide bonds. The zero-order chi connectivity index (χ0) is 47.2. The molecule has 0 N–H and O–H groups in total. The first kappa shape index (κ1) is 61.9. The van der Waals surface area contributed by atoms with Crippen LogP contribution in [-0.2, 0) is 28.6 Å². The van der Waals surface area contributed by atoms with E-state index in [2.05, 4.69) is 93.7 Å². The van der Waals surface area contributed by atoms with E-state index in [4.69, 9.17) is 14.2 Å². The van der Waals surface area contributed by atoms with Crippen LogP contribution in [0.5, 0.6) is 0 Å². The van der Waals surface area contributed by atoms with Gasteiger partial charge in [0.2, 0.25) is 0 Å². The smallest absolute Gasteiger partial charge is 0.306 e. The summed E-state index contributed by atoms with van der Waals surface area (Å²) >= 11 is 0. The fraction of sp³-hybridized carbons (Fsp3) is 0.746. The molecule has 0 bridgehead atoms. The lowest BCUT2D eigenvalue weighted by Crippen LogP contribution is -2.30.